The maximum atomic E-state index is 11.5. The molecule has 1 fully saturated rings. The fraction of sp³-hybridized carbons (Fsp3) is 0.500. The minimum Gasteiger partial charge on any atom is -0.387 e. The highest BCUT2D eigenvalue weighted by atomic mass is 35.5. The third-order valence-electron chi connectivity index (χ3n) is 3.64. The van der Waals surface area contributed by atoms with Gasteiger partial charge >= 0.3 is 15.6 Å². The standard InChI is InChI=1S/C10H14ClN5O10P2/c11-10-14-7(12)4-8(15-10)16(2-13-4)9-6(18)5(17)3(25-9)1-24-28(22,23)26-27(19,20)21/h2-3,5-6,9,17-18H,1H2,(H,22,23)(H2,12,14,15)(H2,19,20,21)/t3-,5-,6-,9-/m1/s1. The number of aliphatic hydroxyl groups excluding tert-OH is 2. The Morgan fingerprint density at radius 3 is 2.57 bits per heavy atom. The molecule has 0 radical (unpaired) electrons. The number of aromatic nitrogens is 4. The molecule has 1 aliphatic heterocycles. The first-order valence-electron chi connectivity index (χ1n) is 7.29. The summed E-state index contributed by atoms with van der Waals surface area (Å²) in [5.41, 5.74) is 5.93. The zero-order chi connectivity index (χ0) is 20.9. The van der Waals surface area contributed by atoms with Gasteiger partial charge in [-0.2, -0.15) is 14.3 Å². The van der Waals surface area contributed by atoms with Crippen LogP contribution in [-0.2, 0) is 22.7 Å². The Hall–Kier alpha value is -1.22. The summed E-state index contributed by atoms with van der Waals surface area (Å²) in [6, 6.07) is 0. The van der Waals surface area contributed by atoms with E-state index >= 15 is 0 Å². The lowest BCUT2D eigenvalue weighted by molar-refractivity contribution is -0.0503. The van der Waals surface area contributed by atoms with Crippen LogP contribution in [0.25, 0.3) is 11.2 Å². The molecule has 15 nitrogen and oxygen atoms in total. The quantitative estimate of drug-likeness (QED) is 0.221. The lowest BCUT2D eigenvalue weighted by atomic mass is 10.1. The number of nitrogens with zero attached hydrogens (tertiary/aromatic N) is 4. The number of hydrogen-bond donors (Lipinski definition) is 6. The molecule has 0 aliphatic carbocycles. The van der Waals surface area contributed by atoms with Crippen LogP contribution in [0.3, 0.4) is 0 Å². The largest absolute Gasteiger partial charge is 0.481 e. The van der Waals surface area contributed by atoms with E-state index in [1.807, 2.05) is 0 Å². The van der Waals surface area contributed by atoms with Crippen LogP contribution in [0.4, 0.5) is 5.82 Å². The van der Waals surface area contributed by atoms with E-state index in [0.717, 1.165) is 0 Å². The van der Waals surface area contributed by atoms with E-state index in [0.29, 0.717) is 0 Å². The molecule has 3 heterocycles. The van der Waals surface area contributed by atoms with Crippen molar-refractivity contribution in [2.75, 3.05) is 12.3 Å². The zero-order valence-electron chi connectivity index (χ0n) is 13.5. The molecule has 5 atom stereocenters. The fourth-order valence-electron chi connectivity index (χ4n) is 2.52. The van der Waals surface area contributed by atoms with Gasteiger partial charge in [-0.3, -0.25) is 9.09 Å². The topological polar surface area (TPSA) is 233 Å². The molecule has 2 aromatic rings. The van der Waals surface area contributed by atoms with E-state index in [9.17, 15) is 24.2 Å². The van der Waals surface area contributed by atoms with E-state index in [1.54, 1.807) is 0 Å². The number of hydrogen-bond acceptors (Lipinski definition) is 11. The fourth-order valence-corrected chi connectivity index (χ4v) is 4.29. The molecular formula is C10H14ClN5O10P2. The summed E-state index contributed by atoms with van der Waals surface area (Å²) in [6.07, 6.45) is -4.59. The minimum absolute atomic E-state index is 0.0301. The summed E-state index contributed by atoms with van der Waals surface area (Å²) >= 11 is 5.75. The normalized spacial score (nSPS) is 27.9. The molecule has 18 heteroatoms. The second kappa shape index (κ2) is 7.55. The first kappa shape index (κ1) is 21.5. The predicted octanol–water partition coefficient (Wildman–Crippen LogP) is -1.09. The second-order valence-electron chi connectivity index (χ2n) is 5.58. The number of imidazole rings is 1. The third kappa shape index (κ3) is 4.50. The molecule has 1 saturated heterocycles. The van der Waals surface area contributed by atoms with Crippen molar-refractivity contribution in [1.82, 2.24) is 19.5 Å². The SMILES string of the molecule is Nc1nc(Cl)nc2c1ncn2[C@@H]1O[C@H](COP(=O)(O)OP(=O)(O)O)[C@@H](O)[C@H]1O. The lowest BCUT2D eigenvalue weighted by Crippen LogP contribution is -2.33. The Balaban J connectivity index is 1.78. The highest BCUT2D eigenvalue weighted by molar-refractivity contribution is 7.60. The summed E-state index contributed by atoms with van der Waals surface area (Å²) < 4.78 is 36.8. The van der Waals surface area contributed by atoms with Gasteiger partial charge in [0.15, 0.2) is 17.7 Å². The number of nitrogens with two attached hydrogens (primary N) is 1. The van der Waals surface area contributed by atoms with Crippen molar-refractivity contribution in [3.63, 3.8) is 0 Å². The molecule has 1 aliphatic rings. The van der Waals surface area contributed by atoms with Gasteiger partial charge in [-0.15, -0.1) is 0 Å². The van der Waals surface area contributed by atoms with E-state index < -0.39 is 46.8 Å². The van der Waals surface area contributed by atoms with Crippen molar-refractivity contribution < 1.29 is 47.6 Å². The van der Waals surface area contributed by atoms with Crippen LogP contribution in [0.1, 0.15) is 6.23 Å². The van der Waals surface area contributed by atoms with Crippen LogP contribution in [0.2, 0.25) is 5.28 Å². The van der Waals surface area contributed by atoms with Crippen molar-refractivity contribution in [3.8, 4) is 0 Å². The summed E-state index contributed by atoms with van der Waals surface area (Å²) in [6.45, 7) is -0.840. The van der Waals surface area contributed by atoms with E-state index in [4.69, 9.17) is 31.9 Å². The minimum atomic E-state index is -5.31. The van der Waals surface area contributed by atoms with Crippen LogP contribution in [0.15, 0.2) is 6.33 Å². The number of anilines is 1. The predicted molar refractivity (Wildman–Crippen MR) is 89.6 cm³/mol. The second-order valence-corrected chi connectivity index (χ2v) is 8.75. The van der Waals surface area contributed by atoms with Crippen LogP contribution in [0.5, 0.6) is 0 Å². The van der Waals surface area contributed by atoms with E-state index in [1.165, 1.54) is 10.9 Å². The number of nitrogen functional groups attached to an aromatic ring is 1. The highest BCUT2D eigenvalue weighted by Gasteiger charge is 2.46. The Kier molecular flexibility index (Phi) is 5.80. The molecule has 0 spiro atoms. The lowest BCUT2D eigenvalue weighted by Gasteiger charge is -2.17. The molecule has 0 saturated carbocycles. The van der Waals surface area contributed by atoms with Gasteiger partial charge in [0.2, 0.25) is 5.28 Å². The summed E-state index contributed by atoms with van der Waals surface area (Å²) in [7, 11) is -10.5. The first-order chi connectivity index (χ1) is 12.9. The van der Waals surface area contributed by atoms with Gasteiger partial charge in [-0.25, -0.2) is 14.1 Å². The number of phosphoric ester groups is 1. The smallest absolute Gasteiger partial charge is 0.387 e. The van der Waals surface area contributed by atoms with Crippen molar-refractivity contribution in [1.29, 1.82) is 0 Å². The van der Waals surface area contributed by atoms with Crippen LogP contribution in [-0.4, -0.2) is 69.3 Å². The van der Waals surface area contributed by atoms with Crippen molar-refractivity contribution in [2.24, 2.45) is 0 Å². The number of phosphoric acid groups is 2. The monoisotopic (exact) mass is 461 g/mol. The van der Waals surface area contributed by atoms with Gasteiger partial charge in [0.25, 0.3) is 0 Å². The van der Waals surface area contributed by atoms with Gasteiger partial charge in [-0.1, -0.05) is 0 Å². The Morgan fingerprint density at radius 2 is 1.93 bits per heavy atom. The number of halogens is 1. The number of ether oxygens (including phenoxy) is 1. The van der Waals surface area contributed by atoms with Crippen molar-refractivity contribution >= 4 is 44.2 Å². The molecule has 1 unspecified atom stereocenters. The zero-order valence-corrected chi connectivity index (χ0v) is 16.1. The number of aliphatic hydroxyl groups is 2. The maximum absolute atomic E-state index is 11.5. The summed E-state index contributed by atoms with van der Waals surface area (Å²) in [4.78, 5) is 38.0. The molecule has 0 amide bonds. The van der Waals surface area contributed by atoms with E-state index in [2.05, 4.69) is 23.8 Å². The van der Waals surface area contributed by atoms with E-state index in [-0.39, 0.29) is 22.3 Å². The van der Waals surface area contributed by atoms with Crippen LogP contribution < -0.4 is 5.73 Å². The Bertz CT molecular complexity index is 983. The summed E-state index contributed by atoms with van der Waals surface area (Å²) in [5.74, 6) is -0.0301. The van der Waals surface area contributed by atoms with Gasteiger partial charge in [0.1, 0.15) is 23.8 Å². The van der Waals surface area contributed by atoms with Crippen molar-refractivity contribution in [3.05, 3.63) is 11.6 Å². The molecule has 28 heavy (non-hydrogen) atoms. The number of fused-ring (bicyclic) bond motifs is 1. The summed E-state index contributed by atoms with van der Waals surface area (Å²) in [5, 5.41) is 20.1. The molecule has 0 aromatic carbocycles. The van der Waals surface area contributed by atoms with Gasteiger partial charge in [0.05, 0.1) is 12.9 Å². The maximum Gasteiger partial charge on any atom is 0.481 e. The first-order valence-corrected chi connectivity index (χ1v) is 10.7. The van der Waals surface area contributed by atoms with Crippen molar-refractivity contribution in [2.45, 2.75) is 24.5 Å². The Labute approximate surface area is 160 Å². The number of rotatable bonds is 6. The molecule has 0 bridgehead atoms. The average molecular weight is 462 g/mol. The highest BCUT2D eigenvalue weighted by Crippen LogP contribution is 2.57. The molecular weight excluding hydrogens is 448 g/mol. The van der Waals surface area contributed by atoms with Gasteiger partial charge in [-0.05, 0) is 11.6 Å². The molecule has 7 N–H and O–H groups in total. The van der Waals surface area contributed by atoms with Gasteiger partial charge in [0, 0.05) is 0 Å². The van der Waals surface area contributed by atoms with Crippen LogP contribution in [0, 0.1) is 0 Å². The van der Waals surface area contributed by atoms with Gasteiger partial charge < -0.3 is 35.4 Å². The Morgan fingerprint density at radius 1 is 1.25 bits per heavy atom. The average Bonchev–Trinajstić information content (AvgIpc) is 3.06. The third-order valence-corrected chi connectivity index (χ3v) is 5.96. The molecule has 156 valence electrons. The molecule has 3 rings (SSSR count). The molecule has 2 aromatic heterocycles. The van der Waals surface area contributed by atoms with Crippen LogP contribution >= 0.6 is 27.2 Å².